The van der Waals surface area contributed by atoms with Crippen LogP contribution in [-0.4, -0.2) is 65.5 Å². The summed E-state index contributed by atoms with van der Waals surface area (Å²) in [6.45, 7) is 0. The predicted molar refractivity (Wildman–Crippen MR) is 115 cm³/mol. The van der Waals surface area contributed by atoms with Crippen LogP contribution in [0.4, 0.5) is 0 Å². The zero-order valence-corrected chi connectivity index (χ0v) is 18.1. The second-order valence-electron chi connectivity index (χ2n) is 7.00. The monoisotopic (exact) mass is 460 g/mol. The SMILES string of the molecule is Cn1ncnc1SCC1=C(C(=O)O)N2C(=O)C(NC(=O)C(N)c3ccccc3)[C@@H]2SC1. The molecule has 10 nitrogen and oxygen atoms in total. The smallest absolute Gasteiger partial charge is 0.352 e. The van der Waals surface area contributed by atoms with Crippen LogP contribution < -0.4 is 11.1 Å². The van der Waals surface area contributed by atoms with Gasteiger partial charge in [0.05, 0.1) is 0 Å². The number of hydrogen-bond donors (Lipinski definition) is 3. The lowest BCUT2D eigenvalue weighted by molar-refractivity contribution is -0.150. The quantitative estimate of drug-likeness (QED) is 0.394. The molecule has 4 rings (SSSR count). The van der Waals surface area contributed by atoms with Gasteiger partial charge in [-0.25, -0.2) is 14.5 Å². The van der Waals surface area contributed by atoms with Gasteiger partial charge in [0.25, 0.3) is 5.91 Å². The largest absolute Gasteiger partial charge is 0.477 e. The van der Waals surface area contributed by atoms with Gasteiger partial charge < -0.3 is 16.2 Å². The molecule has 3 heterocycles. The lowest BCUT2D eigenvalue weighted by Gasteiger charge is -2.49. The summed E-state index contributed by atoms with van der Waals surface area (Å²) in [5.41, 5.74) is 7.24. The fourth-order valence-electron chi connectivity index (χ4n) is 3.42. The molecule has 4 N–H and O–H groups in total. The number of β-lactam (4-membered cyclic amide) rings is 1. The van der Waals surface area contributed by atoms with Gasteiger partial charge in [-0.05, 0) is 11.1 Å². The van der Waals surface area contributed by atoms with Gasteiger partial charge in [-0.15, -0.1) is 11.8 Å². The molecule has 12 heteroatoms. The van der Waals surface area contributed by atoms with Crippen LogP contribution in [0.2, 0.25) is 0 Å². The number of carbonyl (C=O) groups is 3. The molecule has 31 heavy (non-hydrogen) atoms. The first-order valence-electron chi connectivity index (χ1n) is 9.36. The van der Waals surface area contributed by atoms with Gasteiger partial charge in [-0.2, -0.15) is 5.10 Å². The fourth-order valence-corrected chi connectivity index (χ4v) is 5.79. The van der Waals surface area contributed by atoms with E-state index in [1.807, 2.05) is 6.07 Å². The van der Waals surface area contributed by atoms with E-state index in [4.69, 9.17) is 5.73 Å². The third-order valence-electron chi connectivity index (χ3n) is 5.03. The van der Waals surface area contributed by atoms with Gasteiger partial charge in [-0.3, -0.25) is 14.5 Å². The van der Waals surface area contributed by atoms with Crippen molar-refractivity contribution in [3.8, 4) is 0 Å². The number of amides is 2. The average molecular weight is 461 g/mol. The highest BCUT2D eigenvalue weighted by atomic mass is 32.2. The van der Waals surface area contributed by atoms with E-state index in [1.165, 1.54) is 34.8 Å². The summed E-state index contributed by atoms with van der Waals surface area (Å²) in [6, 6.07) is 7.13. The Balaban J connectivity index is 1.46. The molecular weight excluding hydrogens is 440 g/mol. The number of thioether (sulfide) groups is 2. The van der Waals surface area contributed by atoms with Crippen LogP contribution in [0.1, 0.15) is 11.6 Å². The minimum Gasteiger partial charge on any atom is -0.477 e. The van der Waals surface area contributed by atoms with Gasteiger partial charge >= 0.3 is 5.97 Å². The Morgan fingerprint density at radius 1 is 1.39 bits per heavy atom. The van der Waals surface area contributed by atoms with Crippen molar-refractivity contribution < 1.29 is 19.5 Å². The van der Waals surface area contributed by atoms with E-state index in [9.17, 15) is 19.5 Å². The third-order valence-corrected chi connectivity index (χ3v) is 7.49. The van der Waals surface area contributed by atoms with Crippen molar-refractivity contribution in [1.29, 1.82) is 0 Å². The van der Waals surface area contributed by atoms with Crippen molar-refractivity contribution in [1.82, 2.24) is 25.0 Å². The summed E-state index contributed by atoms with van der Waals surface area (Å²) in [7, 11) is 1.75. The van der Waals surface area contributed by atoms with Gasteiger partial charge in [0.2, 0.25) is 5.91 Å². The second-order valence-corrected chi connectivity index (χ2v) is 9.04. The standard InChI is InChI=1S/C19H20N6O4S2/c1-24-19(21-9-22-24)31-8-11-7-30-17-13(16(27)25(17)14(11)18(28)29)23-15(26)12(20)10-5-3-2-4-6-10/h2-6,9,12-13,17H,7-8,20H2,1H3,(H,23,26)(H,28,29)/t12?,13?,17-/m0/s1. The van der Waals surface area contributed by atoms with Crippen LogP contribution in [-0.2, 0) is 21.4 Å². The number of fused-ring (bicyclic) bond motifs is 1. The molecule has 2 aliphatic heterocycles. The average Bonchev–Trinajstić information content (AvgIpc) is 3.19. The molecule has 0 aliphatic carbocycles. The number of carbonyl (C=O) groups excluding carboxylic acids is 2. The Kier molecular flexibility index (Phi) is 6.03. The summed E-state index contributed by atoms with van der Waals surface area (Å²) in [6.07, 6.45) is 1.42. The van der Waals surface area contributed by atoms with Crippen LogP contribution >= 0.6 is 23.5 Å². The fraction of sp³-hybridized carbons (Fsp3) is 0.316. The Morgan fingerprint density at radius 3 is 2.77 bits per heavy atom. The van der Waals surface area contributed by atoms with Crippen LogP contribution in [0.25, 0.3) is 0 Å². The van der Waals surface area contributed by atoms with Gasteiger partial charge in [0.15, 0.2) is 5.16 Å². The van der Waals surface area contributed by atoms with Crippen LogP contribution in [0.5, 0.6) is 0 Å². The number of hydrogen-bond acceptors (Lipinski definition) is 8. The zero-order chi connectivity index (χ0) is 22.1. The minimum absolute atomic E-state index is 0.0266. The lowest BCUT2D eigenvalue weighted by Crippen LogP contribution is -2.71. The van der Waals surface area contributed by atoms with Crippen LogP contribution in [0.15, 0.2) is 53.1 Å². The molecule has 0 radical (unpaired) electrons. The van der Waals surface area contributed by atoms with E-state index < -0.39 is 35.2 Å². The molecule has 1 aromatic carbocycles. The second kappa shape index (κ2) is 8.73. The third kappa shape index (κ3) is 4.05. The molecule has 2 aliphatic rings. The number of rotatable bonds is 7. The highest BCUT2D eigenvalue weighted by Gasteiger charge is 2.54. The zero-order valence-electron chi connectivity index (χ0n) is 16.5. The maximum Gasteiger partial charge on any atom is 0.352 e. The normalized spacial score (nSPS) is 21.4. The number of benzene rings is 1. The number of nitrogens with two attached hydrogens (primary N) is 1. The van der Waals surface area contributed by atoms with Crippen molar-refractivity contribution in [2.75, 3.05) is 11.5 Å². The van der Waals surface area contributed by atoms with Gasteiger partial charge in [-0.1, -0.05) is 42.1 Å². The molecule has 1 fully saturated rings. The van der Waals surface area contributed by atoms with Crippen molar-refractivity contribution >= 4 is 41.3 Å². The molecule has 2 aromatic rings. The number of carboxylic acids is 1. The Hall–Kier alpha value is -2.83. The summed E-state index contributed by atoms with van der Waals surface area (Å²) in [4.78, 5) is 42.6. The molecule has 0 saturated carbocycles. The molecule has 1 saturated heterocycles. The molecular formula is C19H20N6O4S2. The van der Waals surface area contributed by atoms with E-state index in [1.54, 1.807) is 36.0 Å². The van der Waals surface area contributed by atoms with E-state index in [0.29, 0.717) is 27.8 Å². The summed E-state index contributed by atoms with van der Waals surface area (Å²) >= 11 is 2.77. The number of aryl methyl sites for hydroxylation is 1. The Morgan fingerprint density at radius 2 is 2.13 bits per heavy atom. The number of nitrogens with zero attached hydrogens (tertiary/aromatic N) is 4. The molecule has 1 aromatic heterocycles. The van der Waals surface area contributed by atoms with Crippen LogP contribution in [0, 0.1) is 0 Å². The van der Waals surface area contributed by atoms with Gasteiger partial charge in [0.1, 0.15) is 29.5 Å². The highest BCUT2D eigenvalue weighted by molar-refractivity contribution is 8.01. The predicted octanol–water partition coefficient (Wildman–Crippen LogP) is 0.346. The topological polar surface area (TPSA) is 143 Å². The van der Waals surface area contributed by atoms with E-state index >= 15 is 0 Å². The van der Waals surface area contributed by atoms with Crippen molar-refractivity contribution in [2.24, 2.45) is 12.8 Å². The number of nitrogens with one attached hydrogen (secondary N) is 1. The van der Waals surface area contributed by atoms with Crippen molar-refractivity contribution in [2.45, 2.75) is 22.6 Å². The molecule has 2 unspecified atom stereocenters. The lowest BCUT2D eigenvalue weighted by atomic mass is 10.0. The van der Waals surface area contributed by atoms with E-state index in [2.05, 4.69) is 15.4 Å². The molecule has 0 bridgehead atoms. The Bertz CT molecular complexity index is 1060. The number of carboxylic acid groups (broad SMARTS) is 1. The Labute approximate surface area is 186 Å². The minimum atomic E-state index is -1.17. The first-order valence-corrected chi connectivity index (χ1v) is 11.4. The molecule has 162 valence electrons. The van der Waals surface area contributed by atoms with Crippen LogP contribution in [0.3, 0.4) is 0 Å². The maximum atomic E-state index is 12.8. The van der Waals surface area contributed by atoms with Crippen molar-refractivity contribution in [3.63, 3.8) is 0 Å². The molecule has 0 spiro atoms. The van der Waals surface area contributed by atoms with Crippen molar-refractivity contribution in [3.05, 3.63) is 53.5 Å². The highest BCUT2D eigenvalue weighted by Crippen LogP contribution is 2.41. The first-order chi connectivity index (χ1) is 14.9. The van der Waals surface area contributed by atoms with E-state index in [0.717, 1.165) is 0 Å². The first kappa shape index (κ1) is 21.4. The van der Waals surface area contributed by atoms with Gasteiger partial charge in [0, 0.05) is 18.6 Å². The summed E-state index contributed by atoms with van der Waals surface area (Å²) in [5.74, 6) is -1.30. The molecule has 2 amide bonds. The molecule has 3 atom stereocenters. The summed E-state index contributed by atoms with van der Waals surface area (Å²) in [5, 5.41) is 16.6. The maximum absolute atomic E-state index is 12.8. The number of aliphatic carboxylic acids is 1. The summed E-state index contributed by atoms with van der Waals surface area (Å²) < 4.78 is 1.60. The van der Waals surface area contributed by atoms with E-state index in [-0.39, 0.29) is 5.70 Å². The number of aromatic nitrogens is 3.